The van der Waals surface area contributed by atoms with Crippen molar-refractivity contribution in [2.45, 2.75) is 13.1 Å². The van der Waals surface area contributed by atoms with Gasteiger partial charge in [0.15, 0.2) is 0 Å². The molecule has 3 aromatic carbocycles. The number of rotatable bonds is 5. The molecule has 0 fully saturated rings. The average Bonchev–Trinajstić information content (AvgIpc) is 3.15. The lowest BCUT2D eigenvalue weighted by atomic mass is 10.1. The molecule has 0 spiro atoms. The van der Waals surface area contributed by atoms with Crippen LogP contribution in [0.3, 0.4) is 0 Å². The number of pyridine rings is 1. The molecule has 0 atom stereocenters. The highest BCUT2D eigenvalue weighted by Crippen LogP contribution is 2.33. The highest BCUT2D eigenvalue weighted by Gasteiger charge is 2.20. The van der Waals surface area contributed by atoms with Gasteiger partial charge in [-0.2, -0.15) is 5.26 Å². The summed E-state index contributed by atoms with van der Waals surface area (Å²) >= 11 is 0. The maximum absolute atomic E-state index is 13.8. The maximum atomic E-state index is 13.8. The number of hydrogen-bond donors (Lipinski definition) is 0. The van der Waals surface area contributed by atoms with Crippen LogP contribution in [-0.4, -0.2) is 15.4 Å². The molecule has 0 N–H and O–H groups in total. The van der Waals surface area contributed by atoms with Gasteiger partial charge in [-0.05, 0) is 23.3 Å². The predicted octanol–water partition coefficient (Wildman–Crippen LogP) is 4.74. The van der Waals surface area contributed by atoms with Crippen LogP contribution in [0, 0.1) is 11.3 Å². The molecule has 5 rings (SSSR count). The third-order valence-corrected chi connectivity index (χ3v) is 5.77. The zero-order valence-electron chi connectivity index (χ0n) is 17.2. The number of nitrogens with zero attached hydrogens (tertiary/aromatic N) is 3. The van der Waals surface area contributed by atoms with E-state index in [-0.39, 0.29) is 12.1 Å². The highest BCUT2D eigenvalue weighted by molar-refractivity contribution is 6.10. The van der Waals surface area contributed by atoms with Gasteiger partial charge in [0, 0.05) is 17.3 Å². The van der Waals surface area contributed by atoms with E-state index in [1.807, 2.05) is 83.4 Å². The number of carbonyl (C=O) groups is 1. The zero-order valence-corrected chi connectivity index (χ0v) is 17.2. The Morgan fingerprint density at radius 1 is 0.812 bits per heavy atom. The quantitative estimate of drug-likeness (QED) is 0.388. The number of benzene rings is 3. The largest absolute Gasteiger partial charge is 0.330 e. The molecular weight excluding hydrogens is 398 g/mol. The lowest BCUT2D eigenvalue weighted by Crippen LogP contribution is -2.24. The van der Waals surface area contributed by atoms with E-state index in [1.54, 1.807) is 6.07 Å². The van der Waals surface area contributed by atoms with Crippen molar-refractivity contribution in [1.29, 1.82) is 5.26 Å². The summed E-state index contributed by atoms with van der Waals surface area (Å²) in [7, 11) is 0. The van der Waals surface area contributed by atoms with Gasteiger partial charge in [-0.3, -0.25) is 9.36 Å². The molecule has 2 heterocycles. The molecule has 154 valence electrons. The van der Waals surface area contributed by atoms with Gasteiger partial charge in [-0.25, -0.2) is 0 Å². The molecule has 5 nitrogen and oxygen atoms in total. The summed E-state index contributed by atoms with van der Waals surface area (Å²) in [5, 5.41) is 11.4. The Labute approximate surface area is 184 Å². The first-order valence-electron chi connectivity index (χ1n) is 10.3. The van der Waals surface area contributed by atoms with E-state index in [2.05, 4.69) is 6.07 Å². The summed E-state index contributed by atoms with van der Waals surface area (Å²) in [4.78, 5) is 25.3. The number of aromatic nitrogens is 2. The van der Waals surface area contributed by atoms with E-state index in [0.717, 1.165) is 33.7 Å². The number of hydrogen-bond acceptors (Lipinski definition) is 3. The van der Waals surface area contributed by atoms with Crippen LogP contribution < -0.4 is 5.56 Å². The van der Waals surface area contributed by atoms with E-state index in [4.69, 9.17) is 0 Å². The van der Waals surface area contributed by atoms with Gasteiger partial charge >= 0.3 is 0 Å². The number of para-hydroxylation sites is 1. The minimum absolute atomic E-state index is 0.0447. The molecule has 0 saturated carbocycles. The standard InChI is InChI=1S/C27H19N3O2/c28-17-21-12-7-13-22-23-16-24(20-10-5-2-6-11-20)29(14-15-31)27(32)26(23)30(25(21)22)18-19-8-3-1-4-9-19/h1-13,15-16H,14,18H2. The van der Waals surface area contributed by atoms with Crippen LogP contribution in [-0.2, 0) is 17.9 Å². The smallest absolute Gasteiger partial charge is 0.275 e. The van der Waals surface area contributed by atoms with Crippen molar-refractivity contribution in [3.8, 4) is 17.3 Å². The Morgan fingerprint density at radius 3 is 2.22 bits per heavy atom. The minimum atomic E-state index is -0.246. The molecular formula is C27H19N3O2. The summed E-state index contributed by atoms with van der Waals surface area (Å²) in [6.45, 7) is 0.400. The van der Waals surface area contributed by atoms with Gasteiger partial charge in [-0.1, -0.05) is 72.8 Å². The van der Waals surface area contributed by atoms with Crippen LogP contribution >= 0.6 is 0 Å². The first-order valence-corrected chi connectivity index (χ1v) is 10.3. The second-order valence-corrected chi connectivity index (χ2v) is 7.63. The normalized spacial score (nSPS) is 11.0. The second-order valence-electron chi connectivity index (χ2n) is 7.63. The van der Waals surface area contributed by atoms with Gasteiger partial charge < -0.3 is 9.36 Å². The number of nitriles is 1. The molecule has 5 aromatic rings. The molecule has 0 aliphatic rings. The van der Waals surface area contributed by atoms with Gasteiger partial charge in [0.25, 0.3) is 5.56 Å². The van der Waals surface area contributed by atoms with Crippen LogP contribution in [0.1, 0.15) is 11.1 Å². The topological polar surface area (TPSA) is 67.8 Å². The van der Waals surface area contributed by atoms with Crippen molar-refractivity contribution < 1.29 is 4.79 Å². The Balaban J connectivity index is 1.93. The van der Waals surface area contributed by atoms with Gasteiger partial charge in [0.1, 0.15) is 17.9 Å². The fourth-order valence-corrected chi connectivity index (χ4v) is 4.38. The molecule has 2 aromatic heterocycles. The van der Waals surface area contributed by atoms with E-state index in [9.17, 15) is 14.9 Å². The predicted molar refractivity (Wildman–Crippen MR) is 125 cm³/mol. The number of aldehydes is 1. The maximum Gasteiger partial charge on any atom is 0.275 e. The molecule has 0 unspecified atom stereocenters. The molecule has 0 aliphatic carbocycles. The Hall–Kier alpha value is -4.43. The van der Waals surface area contributed by atoms with Crippen LogP contribution in [0.25, 0.3) is 33.1 Å². The van der Waals surface area contributed by atoms with Gasteiger partial charge in [0.05, 0.1) is 23.3 Å². The first kappa shape index (κ1) is 19.5. The Morgan fingerprint density at radius 2 is 1.53 bits per heavy atom. The van der Waals surface area contributed by atoms with E-state index in [1.165, 1.54) is 4.57 Å². The van der Waals surface area contributed by atoms with Crippen LogP contribution in [0.4, 0.5) is 0 Å². The number of fused-ring (bicyclic) bond motifs is 3. The number of carbonyl (C=O) groups excluding carboxylic acids is 1. The second kappa shape index (κ2) is 8.01. The highest BCUT2D eigenvalue weighted by atomic mass is 16.1. The fraction of sp³-hybridized carbons (Fsp3) is 0.0741. The van der Waals surface area contributed by atoms with Crippen LogP contribution in [0.5, 0.6) is 0 Å². The summed E-state index contributed by atoms with van der Waals surface area (Å²) < 4.78 is 3.42. The van der Waals surface area contributed by atoms with Crippen molar-refractivity contribution in [2.24, 2.45) is 0 Å². The molecule has 32 heavy (non-hydrogen) atoms. The third kappa shape index (κ3) is 3.10. The average molecular weight is 417 g/mol. The fourth-order valence-electron chi connectivity index (χ4n) is 4.38. The van der Waals surface area contributed by atoms with Crippen molar-refractivity contribution in [2.75, 3.05) is 0 Å². The molecule has 0 amide bonds. The van der Waals surface area contributed by atoms with Crippen molar-refractivity contribution in [1.82, 2.24) is 9.13 Å². The Bertz CT molecular complexity index is 1560. The van der Waals surface area contributed by atoms with E-state index in [0.29, 0.717) is 23.3 Å². The summed E-state index contributed by atoms with van der Waals surface area (Å²) in [6.07, 6.45) is 0.741. The molecule has 0 radical (unpaired) electrons. The van der Waals surface area contributed by atoms with Crippen molar-refractivity contribution in [3.63, 3.8) is 0 Å². The summed E-state index contributed by atoms with van der Waals surface area (Å²) in [5.74, 6) is 0. The SMILES string of the molecule is N#Cc1cccc2c3cc(-c4ccccc4)n(CC=O)c(=O)c3n(Cc3ccccc3)c12. The van der Waals surface area contributed by atoms with Crippen LogP contribution in [0.15, 0.2) is 89.7 Å². The lowest BCUT2D eigenvalue weighted by molar-refractivity contribution is -0.108. The molecule has 5 heteroatoms. The Kier molecular flexibility index (Phi) is 4.89. The van der Waals surface area contributed by atoms with Crippen molar-refractivity contribution >= 4 is 28.1 Å². The summed E-state index contributed by atoms with van der Waals surface area (Å²) in [5.41, 5.74) is 4.04. The van der Waals surface area contributed by atoms with E-state index >= 15 is 0 Å². The minimum Gasteiger partial charge on any atom is -0.330 e. The molecule has 0 saturated heterocycles. The third-order valence-electron chi connectivity index (χ3n) is 5.77. The van der Waals surface area contributed by atoms with Crippen LogP contribution in [0.2, 0.25) is 0 Å². The van der Waals surface area contributed by atoms with Gasteiger partial charge in [0.2, 0.25) is 0 Å². The van der Waals surface area contributed by atoms with E-state index < -0.39 is 0 Å². The first-order chi connectivity index (χ1) is 15.7. The monoisotopic (exact) mass is 417 g/mol. The molecule has 0 bridgehead atoms. The molecule has 0 aliphatic heterocycles. The summed E-state index contributed by atoms with van der Waals surface area (Å²) in [6, 6.07) is 29.2. The zero-order chi connectivity index (χ0) is 22.1. The lowest BCUT2D eigenvalue weighted by Gasteiger charge is -2.13. The van der Waals surface area contributed by atoms with Crippen molar-refractivity contribution in [3.05, 3.63) is 106 Å². The van der Waals surface area contributed by atoms with Gasteiger partial charge in [-0.15, -0.1) is 0 Å².